The number of aliphatic imine (C=N–C) groups is 1. The number of H-pyrrole nitrogens is 1. The van der Waals surface area contributed by atoms with Crippen molar-refractivity contribution >= 4 is 45.9 Å². The maximum absolute atomic E-state index is 13.8. The zero-order chi connectivity index (χ0) is 42.8. The van der Waals surface area contributed by atoms with Crippen molar-refractivity contribution < 1.29 is 28.7 Å². The standard InChI is InChI=1S/C48H58N6O6/c1-27(2)38(22-43(55)59-7)46(56)53-25-29(5)17-41(53)39-21-37(23-49-39)32-11-9-31(10-12-32)33-13-14-35-20-36(16-15-34(35)19-33)40-24-50-45(51-40)42-18-30(6)26-54(42)47(57)44(28(3)4)52-48(58)60-8/h9-16,19-20,23-24,27-30,38,41-42,44H,17-18,21-22,25-26H2,1-8H3,(H,50,51)(H,52,58)/t29-,30-,38+,41+,42+,44+/m1/s1. The van der Waals surface area contributed by atoms with Crippen molar-refractivity contribution in [1.29, 1.82) is 0 Å². The highest BCUT2D eigenvalue weighted by molar-refractivity contribution is 6.03. The lowest BCUT2D eigenvalue weighted by Gasteiger charge is -2.30. The number of aromatic nitrogens is 2. The predicted molar refractivity (Wildman–Crippen MR) is 234 cm³/mol. The number of fused-ring (bicyclic) bond motifs is 1. The highest BCUT2D eigenvalue weighted by atomic mass is 16.5. The molecule has 60 heavy (non-hydrogen) atoms. The van der Waals surface area contributed by atoms with Crippen molar-refractivity contribution in [2.75, 3.05) is 27.3 Å². The van der Waals surface area contributed by atoms with Crippen molar-refractivity contribution in [1.82, 2.24) is 25.1 Å². The van der Waals surface area contributed by atoms with Crippen LogP contribution in [0, 0.1) is 29.6 Å². The highest BCUT2D eigenvalue weighted by Crippen LogP contribution is 2.38. The van der Waals surface area contributed by atoms with Crippen LogP contribution in [0.15, 0.2) is 78.1 Å². The van der Waals surface area contributed by atoms with Gasteiger partial charge in [0.25, 0.3) is 0 Å². The minimum absolute atomic E-state index is 0.0100. The zero-order valence-corrected chi connectivity index (χ0v) is 36.0. The Morgan fingerprint density at radius 1 is 0.767 bits per heavy atom. The summed E-state index contributed by atoms with van der Waals surface area (Å²) in [6.07, 6.45) is 5.56. The average molecular weight is 815 g/mol. The van der Waals surface area contributed by atoms with E-state index in [0.717, 1.165) is 68.7 Å². The molecule has 12 nitrogen and oxygen atoms in total. The Hall–Kier alpha value is -5.78. The number of rotatable bonds is 12. The van der Waals surface area contributed by atoms with E-state index in [9.17, 15) is 19.2 Å². The first-order valence-electron chi connectivity index (χ1n) is 21.2. The van der Waals surface area contributed by atoms with E-state index in [4.69, 9.17) is 19.5 Å². The van der Waals surface area contributed by atoms with E-state index in [2.05, 4.69) is 84.8 Å². The second-order valence-corrected chi connectivity index (χ2v) is 17.7. The van der Waals surface area contributed by atoms with Crippen LogP contribution in [0.2, 0.25) is 0 Å². The maximum atomic E-state index is 13.8. The first-order valence-corrected chi connectivity index (χ1v) is 21.2. The number of amides is 3. The lowest BCUT2D eigenvalue weighted by Crippen LogP contribution is -2.51. The molecular formula is C48H58N6O6. The summed E-state index contributed by atoms with van der Waals surface area (Å²) in [5.41, 5.74) is 7.34. The van der Waals surface area contributed by atoms with Crippen LogP contribution in [0.1, 0.15) is 84.7 Å². The van der Waals surface area contributed by atoms with Gasteiger partial charge in [-0.1, -0.05) is 90.1 Å². The Morgan fingerprint density at radius 2 is 1.37 bits per heavy atom. The number of allylic oxidation sites excluding steroid dienone is 1. The number of hydrogen-bond donors (Lipinski definition) is 2. The third kappa shape index (κ3) is 8.88. The van der Waals surface area contributed by atoms with Crippen LogP contribution in [0.5, 0.6) is 0 Å². The molecule has 2 N–H and O–H groups in total. The van der Waals surface area contributed by atoms with Crippen LogP contribution in [0.3, 0.4) is 0 Å². The lowest BCUT2D eigenvalue weighted by molar-refractivity contribution is -0.148. The number of nitrogens with zero attached hydrogens (tertiary/aromatic N) is 4. The number of likely N-dealkylation sites (tertiary alicyclic amines) is 2. The normalized spacial score (nSPS) is 21.3. The Balaban J connectivity index is 1.01. The summed E-state index contributed by atoms with van der Waals surface area (Å²) < 4.78 is 9.70. The van der Waals surface area contributed by atoms with Gasteiger partial charge in [-0.05, 0) is 81.7 Å². The molecule has 0 saturated carbocycles. The van der Waals surface area contributed by atoms with Crippen LogP contribution in [0.25, 0.3) is 38.7 Å². The van der Waals surface area contributed by atoms with Crippen LogP contribution >= 0.6 is 0 Å². The second kappa shape index (κ2) is 17.8. The van der Waals surface area contributed by atoms with Gasteiger partial charge < -0.3 is 29.6 Å². The van der Waals surface area contributed by atoms with Gasteiger partial charge in [-0.3, -0.25) is 19.4 Å². The molecule has 0 unspecified atom stereocenters. The van der Waals surface area contributed by atoms with E-state index in [-0.39, 0.29) is 54.0 Å². The van der Waals surface area contributed by atoms with Gasteiger partial charge in [-0.25, -0.2) is 9.78 Å². The molecule has 0 radical (unpaired) electrons. The number of esters is 1. The molecule has 12 heteroatoms. The van der Waals surface area contributed by atoms with Crippen molar-refractivity contribution in [3.8, 4) is 22.4 Å². The number of carbonyl (C=O) groups excluding carboxylic acids is 4. The van der Waals surface area contributed by atoms with Gasteiger partial charge in [-0.15, -0.1) is 0 Å². The van der Waals surface area contributed by atoms with E-state index >= 15 is 0 Å². The molecule has 0 bridgehead atoms. The van der Waals surface area contributed by atoms with E-state index in [1.807, 2.05) is 49.9 Å². The van der Waals surface area contributed by atoms with Gasteiger partial charge in [0, 0.05) is 37.0 Å². The minimum atomic E-state index is -0.696. The quantitative estimate of drug-likeness (QED) is 0.137. The summed E-state index contributed by atoms with van der Waals surface area (Å²) in [5, 5.41) is 4.94. The van der Waals surface area contributed by atoms with Crippen LogP contribution < -0.4 is 5.32 Å². The molecule has 3 aliphatic rings. The van der Waals surface area contributed by atoms with E-state index < -0.39 is 18.1 Å². The second-order valence-electron chi connectivity index (χ2n) is 17.7. The molecule has 3 amide bonds. The molecule has 1 aromatic heterocycles. The maximum Gasteiger partial charge on any atom is 0.407 e. The number of alkyl carbamates (subject to hydrolysis) is 1. The van der Waals surface area contributed by atoms with Gasteiger partial charge in [0.05, 0.1) is 50.5 Å². The van der Waals surface area contributed by atoms with Gasteiger partial charge in [0.2, 0.25) is 11.8 Å². The SMILES string of the molecule is COC(=O)C[C@H](C(=O)N1C[C@H](C)C[C@H]1C1=NC=C(c2ccc(-c3ccc4cc(-c5cnc([C@@H]6C[C@@H](C)CN6C(=O)[C@@H](NC(=O)OC)C(C)C)[nH]5)ccc4c3)cc2)C1)C(C)C. The number of ether oxygens (including phenoxy) is 2. The van der Waals surface area contributed by atoms with Crippen LogP contribution in [-0.2, 0) is 23.9 Å². The third-order valence-corrected chi connectivity index (χ3v) is 12.5. The summed E-state index contributed by atoms with van der Waals surface area (Å²) in [7, 11) is 2.66. The van der Waals surface area contributed by atoms with Gasteiger partial charge in [0.1, 0.15) is 11.9 Å². The van der Waals surface area contributed by atoms with Crippen LogP contribution in [0.4, 0.5) is 4.79 Å². The molecule has 4 heterocycles. The fraction of sp³-hybridized carbons (Fsp3) is 0.458. The fourth-order valence-electron chi connectivity index (χ4n) is 9.07. The van der Waals surface area contributed by atoms with Crippen molar-refractivity contribution in [2.45, 2.75) is 85.4 Å². The highest BCUT2D eigenvalue weighted by Gasteiger charge is 2.42. The number of carbonyl (C=O) groups is 4. The third-order valence-electron chi connectivity index (χ3n) is 12.5. The molecule has 7 rings (SSSR count). The average Bonchev–Trinajstić information content (AvgIpc) is 4.07. The Morgan fingerprint density at radius 3 is 2.00 bits per heavy atom. The molecule has 316 valence electrons. The van der Waals surface area contributed by atoms with Crippen LogP contribution in [-0.4, -0.2) is 88.7 Å². The van der Waals surface area contributed by atoms with E-state index in [0.29, 0.717) is 25.4 Å². The molecule has 0 aliphatic carbocycles. The summed E-state index contributed by atoms with van der Waals surface area (Å²) in [4.78, 5) is 68.6. The van der Waals surface area contributed by atoms with Gasteiger partial charge >= 0.3 is 12.1 Å². The summed E-state index contributed by atoms with van der Waals surface area (Å²) in [6, 6.07) is 20.4. The summed E-state index contributed by atoms with van der Waals surface area (Å²) in [5.74, 6) is 0.364. The smallest absolute Gasteiger partial charge is 0.407 e. The van der Waals surface area contributed by atoms with E-state index in [1.165, 1.54) is 14.2 Å². The Bertz CT molecular complexity index is 2310. The fourth-order valence-corrected chi connectivity index (χ4v) is 9.07. The molecule has 4 aromatic rings. The number of benzene rings is 3. The van der Waals surface area contributed by atoms with Gasteiger partial charge in [-0.2, -0.15) is 0 Å². The largest absolute Gasteiger partial charge is 0.469 e. The summed E-state index contributed by atoms with van der Waals surface area (Å²) in [6.45, 7) is 13.3. The minimum Gasteiger partial charge on any atom is -0.469 e. The predicted octanol–water partition coefficient (Wildman–Crippen LogP) is 8.44. The molecule has 3 aromatic carbocycles. The summed E-state index contributed by atoms with van der Waals surface area (Å²) >= 11 is 0. The topological polar surface area (TPSA) is 146 Å². The van der Waals surface area contributed by atoms with E-state index in [1.54, 1.807) is 0 Å². The zero-order valence-electron chi connectivity index (χ0n) is 36.0. The number of nitrogens with one attached hydrogen (secondary N) is 2. The van der Waals surface area contributed by atoms with Crippen molar-refractivity contribution in [3.63, 3.8) is 0 Å². The molecule has 6 atom stereocenters. The number of methoxy groups -OCH3 is 2. The molecule has 2 fully saturated rings. The molecular weight excluding hydrogens is 757 g/mol. The number of imidazole rings is 1. The molecule has 2 saturated heterocycles. The Labute approximate surface area is 352 Å². The van der Waals surface area contributed by atoms with Crippen molar-refractivity contribution in [2.24, 2.45) is 34.6 Å². The Kier molecular flexibility index (Phi) is 12.6. The van der Waals surface area contributed by atoms with Gasteiger partial charge in [0.15, 0.2) is 0 Å². The first-order chi connectivity index (χ1) is 28.7. The monoisotopic (exact) mass is 814 g/mol. The number of hydrogen-bond acceptors (Lipinski definition) is 8. The number of aromatic amines is 1. The lowest BCUT2D eigenvalue weighted by atomic mass is 9.90. The van der Waals surface area contributed by atoms with Crippen molar-refractivity contribution in [3.05, 3.63) is 84.4 Å². The molecule has 3 aliphatic heterocycles. The first kappa shape index (κ1) is 42.3. The molecule has 0 spiro atoms.